The van der Waals surface area contributed by atoms with Crippen molar-refractivity contribution in [3.8, 4) is 11.4 Å². The highest BCUT2D eigenvalue weighted by molar-refractivity contribution is 7.05. The van der Waals surface area contributed by atoms with Crippen molar-refractivity contribution in [1.82, 2.24) is 14.3 Å². The number of oxazole rings is 1. The van der Waals surface area contributed by atoms with Gasteiger partial charge in [-0.25, -0.2) is 9.78 Å². The minimum Gasteiger partial charge on any atom is -0.408 e. The van der Waals surface area contributed by atoms with Crippen molar-refractivity contribution < 1.29 is 4.42 Å². The van der Waals surface area contributed by atoms with Gasteiger partial charge in [-0.3, -0.25) is 4.98 Å². The van der Waals surface area contributed by atoms with Crippen LogP contribution < -0.4 is 5.76 Å². The summed E-state index contributed by atoms with van der Waals surface area (Å²) in [6, 6.07) is 15.5. The molecule has 108 valence electrons. The van der Waals surface area contributed by atoms with Crippen molar-refractivity contribution in [2.45, 2.75) is 6.42 Å². The fourth-order valence-electron chi connectivity index (χ4n) is 2.31. The van der Waals surface area contributed by atoms with Crippen molar-refractivity contribution in [2.24, 2.45) is 0 Å². The van der Waals surface area contributed by atoms with Gasteiger partial charge in [-0.05, 0) is 29.2 Å². The monoisotopic (exact) mass is 309 g/mol. The Morgan fingerprint density at radius 1 is 1.14 bits per heavy atom. The van der Waals surface area contributed by atoms with Gasteiger partial charge in [-0.2, -0.15) is 4.37 Å². The van der Waals surface area contributed by atoms with Crippen LogP contribution in [0.2, 0.25) is 0 Å². The van der Waals surface area contributed by atoms with Crippen molar-refractivity contribution >= 4 is 22.6 Å². The molecule has 2 heterocycles. The summed E-state index contributed by atoms with van der Waals surface area (Å²) < 4.78 is 9.40. The van der Waals surface area contributed by atoms with E-state index >= 15 is 0 Å². The number of nitrogens with one attached hydrogen (secondary N) is 1. The molecule has 4 aromatic rings. The van der Waals surface area contributed by atoms with E-state index in [9.17, 15) is 4.79 Å². The second-order valence-corrected chi connectivity index (χ2v) is 5.74. The maximum atomic E-state index is 11.2. The predicted molar refractivity (Wildman–Crippen MR) is 85.0 cm³/mol. The molecule has 0 aliphatic heterocycles. The average Bonchev–Trinajstić information content (AvgIpc) is 3.13. The van der Waals surface area contributed by atoms with Gasteiger partial charge in [-0.15, -0.1) is 0 Å². The van der Waals surface area contributed by atoms with Crippen LogP contribution in [0.1, 0.15) is 10.6 Å². The molecule has 0 saturated carbocycles. The summed E-state index contributed by atoms with van der Waals surface area (Å²) in [6.07, 6.45) is 0.674. The molecule has 0 amide bonds. The molecule has 0 aliphatic rings. The van der Waals surface area contributed by atoms with E-state index in [0.29, 0.717) is 17.5 Å². The van der Waals surface area contributed by atoms with Gasteiger partial charge in [0.05, 0.1) is 5.52 Å². The topological polar surface area (TPSA) is 71.8 Å². The maximum absolute atomic E-state index is 11.2. The lowest BCUT2D eigenvalue weighted by Gasteiger charge is -1.97. The Hall–Kier alpha value is -2.73. The number of rotatable bonds is 3. The van der Waals surface area contributed by atoms with Crippen molar-refractivity contribution in [3.63, 3.8) is 0 Å². The number of aromatic amines is 1. The molecule has 0 atom stereocenters. The molecule has 4 rings (SSSR count). The second-order valence-electron chi connectivity index (χ2n) is 4.90. The van der Waals surface area contributed by atoms with Crippen LogP contribution in [0.5, 0.6) is 0 Å². The van der Waals surface area contributed by atoms with Crippen LogP contribution >= 0.6 is 11.5 Å². The summed E-state index contributed by atoms with van der Waals surface area (Å²) >= 11 is 1.39. The summed E-state index contributed by atoms with van der Waals surface area (Å²) in [5.41, 5.74) is 3.34. The summed E-state index contributed by atoms with van der Waals surface area (Å²) in [5, 5.41) is 0.934. The highest BCUT2D eigenvalue weighted by Crippen LogP contribution is 2.21. The van der Waals surface area contributed by atoms with Crippen molar-refractivity contribution in [3.05, 3.63) is 69.7 Å². The highest BCUT2D eigenvalue weighted by atomic mass is 32.1. The van der Waals surface area contributed by atoms with Crippen molar-refractivity contribution in [1.29, 1.82) is 0 Å². The molecule has 0 spiro atoms. The van der Waals surface area contributed by atoms with E-state index in [-0.39, 0.29) is 0 Å². The molecule has 0 fully saturated rings. The second kappa shape index (κ2) is 5.23. The first-order valence-electron chi connectivity index (χ1n) is 6.78. The Bertz CT molecular complexity index is 985. The molecule has 0 aliphatic carbocycles. The fraction of sp³-hybridized carbons (Fsp3) is 0.0625. The third-order valence-corrected chi connectivity index (χ3v) is 4.05. The van der Waals surface area contributed by atoms with E-state index in [1.165, 1.54) is 11.5 Å². The number of hydrogen-bond acceptors (Lipinski definition) is 5. The minimum atomic E-state index is -0.436. The molecule has 0 bridgehead atoms. The largest absolute Gasteiger partial charge is 0.417 e. The van der Waals surface area contributed by atoms with Crippen LogP contribution in [0, 0.1) is 0 Å². The van der Waals surface area contributed by atoms with Gasteiger partial charge in [-0.1, -0.05) is 36.4 Å². The predicted octanol–water partition coefficient (Wildman–Crippen LogP) is 3.23. The summed E-state index contributed by atoms with van der Waals surface area (Å²) in [6.45, 7) is 0. The van der Waals surface area contributed by atoms with Crippen LogP contribution in [0.4, 0.5) is 0 Å². The van der Waals surface area contributed by atoms with Gasteiger partial charge in [0, 0.05) is 12.0 Å². The molecule has 5 nitrogen and oxygen atoms in total. The molecule has 2 aromatic carbocycles. The summed E-state index contributed by atoms with van der Waals surface area (Å²) in [5.74, 6) is 0.313. The molecule has 6 heteroatoms. The average molecular weight is 309 g/mol. The molecule has 1 N–H and O–H groups in total. The van der Waals surface area contributed by atoms with E-state index in [0.717, 1.165) is 22.0 Å². The standard InChI is InChI=1S/C16H11N3O2S/c20-16-17-12-8-10(6-7-13(12)21-16)9-14-18-15(19-22-14)11-4-2-1-3-5-11/h1-8H,9H2,(H,17,20). The van der Waals surface area contributed by atoms with Gasteiger partial charge in [0.2, 0.25) is 0 Å². The Morgan fingerprint density at radius 2 is 2.00 bits per heavy atom. The van der Waals surface area contributed by atoms with E-state index in [4.69, 9.17) is 4.42 Å². The van der Waals surface area contributed by atoms with Crippen LogP contribution in [-0.2, 0) is 6.42 Å². The Kier molecular flexibility index (Phi) is 3.08. The van der Waals surface area contributed by atoms with Gasteiger partial charge in [0.25, 0.3) is 0 Å². The van der Waals surface area contributed by atoms with Crippen LogP contribution in [0.3, 0.4) is 0 Å². The quantitative estimate of drug-likeness (QED) is 0.630. The molecule has 2 aromatic heterocycles. The van der Waals surface area contributed by atoms with Crippen LogP contribution in [0.25, 0.3) is 22.5 Å². The van der Waals surface area contributed by atoms with E-state index in [1.807, 2.05) is 42.5 Å². The Balaban J connectivity index is 1.62. The molecule has 0 unspecified atom stereocenters. The number of nitrogens with zero attached hydrogens (tertiary/aromatic N) is 2. The SMILES string of the molecule is O=c1[nH]c2cc(Cc3nc(-c4ccccc4)ns3)ccc2o1. The third-order valence-electron chi connectivity index (χ3n) is 3.34. The highest BCUT2D eigenvalue weighted by Gasteiger charge is 2.08. The first kappa shape index (κ1) is 13.0. The van der Waals surface area contributed by atoms with Gasteiger partial charge in [0.1, 0.15) is 5.01 Å². The van der Waals surface area contributed by atoms with Gasteiger partial charge in [0.15, 0.2) is 11.4 Å². The number of fused-ring (bicyclic) bond motifs is 1. The smallest absolute Gasteiger partial charge is 0.408 e. The minimum absolute atomic E-state index is 0.436. The third kappa shape index (κ3) is 2.44. The first-order valence-corrected chi connectivity index (χ1v) is 7.55. The number of H-pyrrole nitrogens is 1. The Morgan fingerprint density at radius 3 is 2.86 bits per heavy atom. The van der Waals surface area contributed by atoms with E-state index in [1.54, 1.807) is 6.07 Å². The molecular formula is C16H11N3O2S. The summed E-state index contributed by atoms with van der Waals surface area (Å²) in [4.78, 5) is 18.4. The first-order chi connectivity index (χ1) is 10.8. The lowest BCUT2D eigenvalue weighted by atomic mass is 10.1. The van der Waals surface area contributed by atoms with Crippen LogP contribution in [-0.4, -0.2) is 14.3 Å². The van der Waals surface area contributed by atoms with Crippen LogP contribution in [0.15, 0.2) is 57.7 Å². The zero-order valence-electron chi connectivity index (χ0n) is 11.4. The normalized spacial score (nSPS) is 11.1. The maximum Gasteiger partial charge on any atom is 0.417 e. The van der Waals surface area contributed by atoms with Gasteiger partial charge < -0.3 is 4.42 Å². The van der Waals surface area contributed by atoms with Crippen molar-refractivity contribution in [2.75, 3.05) is 0 Å². The van der Waals surface area contributed by atoms with Gasteiger partial charge >= 0.3 is 5.76 Å². The molecule has 0 saturated heterocycles. The summed E-state index contributed by atoms with van der Waals surface area (Å²) in [7, 11) is 0. The fourth-order valence-corrected chi connectivity index (χ4v) is 3.01. The molecule has 0 radical (unpaired) electrons. The number of aromatic nitrogens is 3. The Labute approximate surface area is 129 Å². The molecule has 22 heavy (non-hydrogen) atoms. The zero-order valence-corrected chi connectivity index (χ0v) is 12.3. The number of hydrogen-bond donors (Lipinski definition) is 1. The number of benzene rings is 2. The molecular weight excluding hydrogens is 298 g/mol. The van der Waals surface area contributed by atoms with E-state index in [2.05, 4.69) is 14.3 Å². The lowest BCUT2D eigenvalue weighted by molar-refractivity contribution is 0.555. The zero-order chi connectivity index (χ0) is 14.9. The van der Waals surface area contributed by atoms with E-state index < -0.39 is 5.76 Å². The lowest BCUT2D eigenvalue weighted by Crippen LogP contribution is -1.93.